The van der Waals surface area contributed by atoms with Gasteiger partial charge < -0.3 is 14.7 Å². The van der Waals surface area contributed by atoms with Crippen LogP contribution in [-0.4, -0.2) is 60.1 Å². The van der Waals surface area contributed by atoms with Crippen molar-refractivity contribution in [1.29, 1.82) is 0 Å². The summed E-state index contributed by atoms with van der Waals surface area (Å²) in [6.07, 6.45) is 2.25. The third-order valence-corrected chi connectivity index (χ3v) is 7.16. The molecule has 38 heavy (non-hydrogen) atoms. The third kappa shape index (κ3) is 5.69. The average molecular weight is 517 g/mol. The van der Waals surface area contributed by atoms with E-state index in [2.05, 4.69) is 4.90 Å². The van der Waals surface area contributed by atoms with Gasteiger partial charge in [-0.2, -0.15) is 0 Å². The van der Waals surface area contributed by atoms with Gasteiger partial charge in [0.05, 0.1) is 13.0 Å². The number of aliphatic hydroxyl groups is 1. The number of benzene rings is 3. The van der Waals surface area contributed by atoms with Crippen LogP contribution in [0.25, 0.3) is 17.2 Å². The molecule has 1 N–H and O–H groups in total. The normalized spacial score (nSPS) is 16.7. The number of aliphatic hydroxyl groups excluding tert-OH is 1. The fourth-order valence-corrected chi connectivity index (χ4v) is 5.04. The van der Waals surface area contributed by atoms with Crippen molar-refractivity contribution in [2.45, 2.75) is 13.3 Å². The molecule has 196 valence electrons. The van der Waals surface area contributed by atoms with Crippen molar-refractivity contribution in [2.75, 3.05) is 39.3 Å². The number of piperazine rings is 1. The van der Waals surface area contributed by atoms with Gasteiger partial charge in [0, 0.05) is 32.7 Å². The molecule has 5 nitrogen and oxygen atoms in total. The molecule has 0 radical (unpaired) electrons. The highest BCUT2D eigenvalue weighted by molar-refractivity contribution is 6.08. The summed E-state index contributed by atoms with van der Waals surface area (Å²) in [5.41, 5.74) is 5.38. The lowest BCUT2D eigenvalue weighted by Crippen LogP contribution is -2.49. The Kier molecular flexibility index (Phi) is 7.67. The molecule has 1 heterocycles. The average Bonchev–Trinajstić information content (AvgIpc) is 3.16. The maximum absolute atomic E-state index is 14.3. The van der Waals surface area contributed by atoms with Crippen LogP contribution in [0.2, 0.25) is 0 Å². The van der Waals surface area contributed by atoms with Crippen molar-refractivity contribution in [1.82, 2.24) is 9.80 Å². The molecule has 0 unspecified atom stereocenters. The summed E-state index contributed by atoms with van der Waals surface area (Å²) in [7, 11) is 0. The molecule has 1 aliphatic carbocycles. The summed E-state index contributed by atoms with van der Waals surface area (Å²) in [6, 6.07) is 18.1. The highest BCUT2D eigenvalue weighted by Gasteiger charge is 2.28. The second-order valence-electron chi connectivity index (χ2n) is 9.60. The minimum atomic E-state index is -0.331. The number of amides is 1. The number of carbonyl (C=O) groups excluding carboxylic acids is 1. The van der Waals surface area contributed by atoms with Crippen LogP contribution in [0.3, 0.4) is 0 Å². The van der Waals surface area contributed by atoms with Gasteiger partial charge in [0.25, 0.3) is 0 Å². The zero-order valence-corrected chi connectivity index (χ0v) is 21.3. The number of halogens is 2. The molecule has 1 fully saturated rings. The Balaban J connectivity index is 1.36. The first-order valence-corrected chi connectivity index (χ1v) is 12.8. The van der Waals surface area contributed by atoms with Gasteiger partial charge in [0.1, 0.15) is 23.1 Å². The fraction of sp³-hybridized carbons (Fsp3) is 0.258. The first-order chi connectivity index (χ1) is 18.4. The maximum Gasteiger partial charge on any atom is 0.227 e. The van der Waals surface area contributed by atoms with Crippen molar-refractivity contribution in [3.05, 3.63) is 101 Å². The van der Waals surface area contributed by atoms with Gasteiger partial charge >= 0.3 is 0 Å². The smallest absolute Gasteiger partial charge is 0.227 e. The number of β-amino-alcohol motifs (C(OH)–C–C–N with tert-alkyl or cyclic N) is 1. The Morgan fingerprint density at radius 3 is 2.18 bits per heavy atom. The molecule has 0 bridgehead atoms. The summed E-state index contributed by atoms with van der Waals surface area (Å²) in [5.74, 6) is 0.558. The van der Waals surface area contributed by atoms with E-state index in [1.165, 1.54) is 24.3 Å². The molecule has 3 aromatic carbocycles. The predicted molar refractivity (Wildman–Crippen MR) is 145 cm³/mol. The largest absolute Gasteiger partial charge is 0.457 e. The van der Waals surface area contributed by atoms with E-state index < -0.39 is 0 Å². The molecule has 0 atom stereocenters. The fourth-order valence-electron chi connectivity index (χ4n) is 5.04. The number of fused-ring (bicyclic) bond motifs is 1. The van der Waals surface area contributed by atoms with E-state index in [9.17, 15) is 13.6 Å². The van der Waals surface area contributed by atoms with E-state index in [4.69, 9.17) is 9.84 Å². The van der Waals surface area contributed by atoms with E-state index in [-0.39, 0.29) is 30.6 Å². The molecule has 1 saturated heterocycles. The summed E-state index contributed by atoms with van der Waals surface area (Å²) in [5, 5.41) is 9.16. The van der Waals surface area contributed by atoms with Gasteiger partial charge in [0.2, 0.25) is 5.91 Å². The molecule has 0 spiro atoms. The lowest BCUT2D eigenvalue weighted by atomic mass is 10.0. The number of allylic oxidation sites excluding steroid dienone is 2. The molecule has 2 aliphatic rings. The van der Waals surface area contributed by atoms with Crippen LogP contribution in [0.4, 0.5) is 8.78 Å². The summed E-state index contributed by atoms with van der Waals surface area (Å²) in [4.78, 5) is 17.2. The minimum Gasteiger partial charge on any atom is -0.457 e. The van der Waals surface area contributed by atoms with Gasteiger partial charge in [-0.15, -0.1) is 0 Å². The van der Waals surface area contributed by atoms with E-state index in [0.717, 1.165) is 46.5 Å². The Morgan fingerprint density at radius 2 is 1.53 bits per heavy atom. The number of hydrogen-bond donors (Lipinski definition) is 1. The van der Waals surface area contributed by atoms with E-state index in [1.807, 2.05) is 42.2 Å². The molecular weight excluding hydrogens is 486 g/mol. The zero-order chi connectivity index (χ0) is 26.6. The van der Waals surface area contributed by atoms with Crippen LogP contribution in [0.5, 0.6) is 11.5 Å². The van der Waals surface area contributed by atoms with Crippen molar-refractivity contribution >= 4 is 23.1 Å². The van der Waals surface area contributed by atoms with E-state index in [0.29, 0.717) is 31.1 Å². The molecule has 1 amide bonds. The predicted octanol–water partition coefficient (Wildman–Crippen LogP) is 5.61. The van der Waals surface area contributed by atoms with Crippen molar-refractivity contribution < 1.29 is 23.4 Å². The maximum atomic E-state index is 14.3. The highest BCUT2D eigenvalue weighted by Crippen LogP contribution is 2.44. The monoisotopic (exact) mass is 516 g/mol. The topological polar surface area (TPSA) is 53.0 Å². The molecular formula is C31H30F2N2O3. The number of rotatable bonds is 7. The van der Waals surface area contributed by atoms with Gasteiger partial charge in [0.15, 0.2) is 0 Å². The van der Waals surface area contributed by atoms with E-state index >= 15 is 0 Å². The second-order valence-corrected chi connectivity index (χ2v) is 9.60. The van der Waals surface area contributed by atoms with Crippen LogP contribution in [0.1, 0.15) is 30.0 Å². The second kappa shape index (κ2) is 11.3. The standard InChI is InChI=1S/C31H30F2N2O3/c1-21-28(18-22-2-7-25(8-3-22)38-26-9-4-23(32)5-10-26)27-11-6-24(33)19-30(27)29(21)20-31(37)35-14-12-34(13-15-35)16-17-36/h2-11,18-19,36H,12-17,20H2,1H3/b28-18-. The van der Waals surface area contributed by atoms with Crippen LogP contribution in [0, 0.1) is 11.6 Å². The summed E-state index contributed by atoms with van der Waals surface area (Å²) >= 11 is 0. The Bertz CT molecular complexity index is 1370. The van der Waals surface area contributed by atoms with E-state index in [1.54, 1.807) is 18.2 Å². The van der Waals surface area contributed by atoms with Crippen molar-refractivity contribution in [3.63, 3.8) is 0 Å². The number of carbonyl (C=O) groups is 1. The Morgan fingerprint density at radius 1 is 0.895 bits per heavy atom. The quantitative estimate of drug-likeness (QED) is 0.444. The van der Waals surface area contributed by atoms with Crippen molar-refractivity contribution in [3.8, 4) is 11.5 Å². The first-order valence-electron chi connectivity index (χ1n) is 12.8. The van der Waals surface area contributed by atoms with Crippen LogP contribution < -0.4 is 4.74 Å². The number of nitrogens with zero attached hydrogens (tertiary/aromatic N) is 2. The zero-order valence-electron chi connectivity index (χ0n) is 21.3. The lowest BCUT2D eigenvalue weighted by molar-refractivity contribution is -0.131. The van der Waals surface area contributed by atoms with Crippen molar-refractivity contribution in [2.24, 2.45) is 0 Å². The molecule has 0 saturated carbocycles. The summed E-state index contributed by atoms with van der Waals surface area (Å²) in [6.45, 7) is 5.43. The third-order valence-electron chi connectivity index (χ3n) is 7.16. The van der Waals surface area contributed by atoms with Gasteiger partial charge in [-0.1, -0.05) is 18.2 Å². The van der Waals surface area contributed by atoms with Gasteiger partial charge in [-0.25, -0.2) is 8.78 Å². The SMILES string of the molecule is CC1=C(CC(=O)N2CCN(CCO)CC2)c2cc(F)ccc2/C1=C\c1ccc(Oc2ccc(F)cc2)cc1. The molecule has 1 aliphatic heterocycles. The first kappa shape index (κ1) is 25.8. The molecule has 5 rings (SSSR count). The minimum absolute atomic E-state index is 0.0294. The number of ether oxygens (including phenoxy) is 1. The van der Waals surface area contributed by atoms with Crippen LogP contribution in [-0.2, 0) is 4.79 Å². The van der Waals surface area contributed by atoms with Gasteiger partial charge in [-0.05, 0) is 94.9 Å². The van der Waals surface area contributed by atoms with Gasteiger partial charge in [-0.3, -0.25) is 9.69 Å². The molecule has 7 heteroatoms. The summed E-state index contributed by atoms with van der Waals surface area (Å²) < 4.78 is 33.2. The van der Waals surface area contributed by atoms with Crippen LogP contribution >= 0.6 is 0 Å². The molecule has 0 aromatic heterocycles. The Labute approximate surface area is 221 Å². The molecule has 3 aromatic rings. The lowest BCUT2D eigenvalue weighted by Gasteiger charge is -2.34. The highest BCUT2D eigenvalue weighted by atomic mass is 19.1. The number of hydrogen-bond acceptors (Lipinski definition) is 4. The Hall–Kier alpha value is -3.81. The van der Waals surface area contributed by atoms with Crippen LogP contribution in [0.15, 0.2) is 72.3 Å².